The van der Waals surface area contributed by atoms with E-state index in [-0.39, 0.29) is 11.8 Å². The van der Waals surface area contributed by atoms with Gasteiger partial charge in [0.1, 0.15) is 0 Å². The molecule has 0 radical (unpaired) electrons. The van der Waals surface area contributed by atoms with Crippen LogP contribution in [0.15, 0.2) is 36.4 Å². The fourth-order valence-corrected chi connectivity index (χ4v) is 4.70. The van der Waals surface area contributed by atoms with E-state index in [9.17, 15) is 18.1 Å². The molecule has 0 spiro atoms. The van der Waals surface area contributed by atoms with Crippen molar-refractivity contribution in [3.05, 3.63) is 64.9 Å². The molecule has 1 N–H and O–H groups in total. The molecule has 0 fully saturated rings. The molecule has 28 heavy (non-hydrogen) atoms. The second kappa shape index (κ2) is 7.00. The highest BCUT2D eigenvalue weighted by Gasteiger charge is 2.30. The molecule has 144 valence electrons. The van der Waals surface area contributed by atoms with Crippen LogP contribution in [0, 0.1) is 17.3 Å². The van der Waals surface area contributed by atoms with Gasteiger partial charge in [0.25, 0.3) is 0 Å². The maximum atomic E-state index is 13.5. The Labute approximate surface area is 162 Å². The van der Waals surface area contributed by atoms with Crippen LogP contribution in [0.2, 0.25) is 0 Å². The Morgan fingerprint density at radius 2 is 2.14 bits per heavy atom. The Morgan fingerprint density at radius 3 is 2.86 bits per heavy atom. The number of hydrogen-bond acceptors (Lipinski definition) is 4. The van der Waals surface area contributed by atoms with Crippen LogP contribution in [0.25, 0.3) is 10.9 Å². The summed E-state index contributed by atoms with van der Waals surface area (Å²) in [6.07, 6.45) is 1.10. The zero-order valence-corrected chi connectivity index (χ0v) is 16.1. The Bertz CT molecular complexity index is 1210. The first kappa shape index (κ1) is 18.6. The van der Waals surface area contributed by atoms with Crippen molar-refractivity contribution in [3.8, 4) is 6.07 Å². The fraction of sp³-hybridized carbons (Fsp3) is 0.300. The molecule has 2 aromatic heterocycles. The third kappa shape index (κ3) is 3.39. The van der Waals surface area contributed by atoms with Crippen molar-refractivity contribution >= 4 is 20.9 Å². The van der Waals surface area contributed by atoms with Gasteiger partial charge in [0, 0.05) is 29.1 Å². The lowest BCUT2D eigenvalue weighted by Crippen LogP contribution is -2.36. The second-order valence-electron chi connectivity index (χ2n) is 6.93. The van der Waals surface area contributed by atoms with E-state index >= 15 is 0 Å². The minimum Gasteiger partial charge on any atom is -0.338 e. The van der Waals surface area contributed by atoms with Crippen LogP contribution in [-0.4, -0.2) is 29.8 Å². The Hall–Kier alpha value is -2.76. The first-order valence-corrected chi connectivity index (χ1v) is 10.7. The van der Waals surface area contributed by atoms with E-state index in [1.54, 1.807) is 25.1 Å². The molecule has 6 nitrogen and oxygen atoms in total. The summed E-state index contributed by atoms with van der Waals surface area (Å²) in [6.45, 7) is 1.98. The van der Waals surface area contributed by atoms with Crippen molar-refractivity contribution in [1.29, 1.82) is 5.26 Å². The summed E-state index contributed by atoms with van der Waals surface area (Å²) in [5.41, 5.74) is 4.11. The summed E-state index contributed by atoms with van der Waals surface area (Å²) in [4.78, 5) is 3.95. The monoisotopic (exact) mass is 398 g/mol. The topological polar surface area (TPSA) is 87.8 Å². The molecular weight excluding hydrogens is 379 g/mol. The molecule has 0 saturated heterocycles. The molecule has 4 rings (SSSR count). The standard InChI is InChI=1S/C20H19FN4O2S/c1-2-28(26,27)24-15-9-17-16-8-13(11-22)6-7-18(16)25(19(17)10-15)12-14-4-3-5-20(21)23-14/h3-8,15,24H,2,9-10,12H2,1H3. The first-order chi connectivity index (χ1) is 13.4. The number of pyridine rings is 1. The van der Waals surface area contributed by atoms with Gasteiger partial charge < -0.3 is 4.57 Å². The summed E-state index contributed by atoms with van der Waals surface area (Å²) in [6, 6.07) is 12.1. The van der Waals surface area contributed by atoms with E-state index in [4.69, 9.17) is 0 Å². The fourth-order valence-electron chi connectivity index (χ4n) is 3.86. The maximum absolute atomic E-state index is 13.5. The Balaban J connectivity index is 1.79. The first-order valence-electron chi connectivity index (χ1n) is 9.05. The normalized spacial score (nSPS) is 16.2. The smallest absolute Gasteiger partial charge is 0.213 e. The largest absolute Gasteiger partial charge is 0.338 e. The number of nitrogens with zero attached hydrogens (tertiary/aromatic N) is 3. The van der Waals surface area contributed by atoms with Crippen LogP contribution < -0.4 is 4.72 Å². The SMILES string of the molecule is CCS(=O)(=O)NC1Cc2c(n(Cc3cccc(F)n3)c3ccc(C#N)cc23)C1. The van der Waals surface area contributed by atoms with Crippen LogP contribution >= 0.6 is 0 Å². The molecule has 1 unspecified atom stereocenters. The number of nitrogens with one attached hydrogen (secondary N) is 1. The van der Waals surface area contributed by atoms with Crippen molar-refractivity contribution in [1.82, 2.24) is 14.3 Å². The van der Waals surface area contributed by atoms with Gasteiger partial charge in [-0.1, -0.05) is 6.07 Å². The van der Waals surface area contributed by atoms with Crippen molar-refractivity contribution in [2.75, 3.05) is 5.75 Å². The van der Waals surface area contributed by atoms with Crippen molar-refractivity contribution < 1.29 is 12.8 Å². The molecule has 0 bridgehead atoms. The lowest BCUT2D eigenvalue weighted by molar-refractivity contribution is 0.552. The Morgan fingerprint density at radius 1 is 1.32 bits per heavy atom. The molecule has 3 aromatic rings. The van der Waals surface area contributed by atoms with Gasteiger partial charge >= 0.3 is 0 Å². The highest BCUT2D eigenvalue weighted by atomic mass is 32.2. The average molecular weight is 398 g/mol. The van der Waals surface area contributed by atoms with Crippen molar-refractivity contribution in [2.45, 2.75) is 32.4 Å². The van der Waals surface area contributed by atoms with E-state index in [0.29, 0.717) is 30.6 Å². The predicted octanol–water partition coefficient (Wildman–Crippen LogP) is 2.50. The third-order valence-corrected chi connectivity index (χ3v) is 6.58. The van der Waals surface area contributed by atoms with Gasteiger partial charge in [0.15, 0.2) is 0 Å². The molecule has 1 aromatic carbocycles. The van der Waals surface area contributed by atoms with Crippen LogP contribution in [0.3, 0.4) is 0 Å². The maximum Gasteiger partial charge on any atom is 0.213 e. The number of hydrogen-bond donors (Lipinski definition) is 1. The molecule has 0 aliphatic heterocycles. The molecule has 1 aliphatic rings. The predicted molar refractivity (Wildman–Crippen MR) is 104 cm³/mol. The minimum absolute atomic E-state index is 0.0280. The Kier molecular flexibility index (Phi) is 4.65. The number of aromatic nitrogens is 2. The van der Waals surface area contributed by atoms with Crippen molar-refractivity contribution in [3.63, 3.8) is 0 Å². The van der Waals surface area contributed by atoms with Crippen molar-refractivity contribution in [2.24, 2.45) is 0 Å². The van der Waals surface area contributed by atoms with Crippen LogP contribution in [0.5, 0.6) is 0 Å². The van der Waals surface area contributed by atoms with Gasteiger partial charge in [-0.3, -0.25) is 0 Å². The molecular formula is C20H19FN4O2S. The average Bonchev–Trinajstić information content (AvgIpc) is 3.19. The molecule has 8 heteroatoms. The van der Waals surface area contributed by atoms with E-state index in [0.717, 1.165) is 22.2 Å². The highest BCUT2D eigenvalue weighted by Crippen LogP contribution is 2.34. The molecule has 1 aliphatic carbocycles. The summed E-state index contributed by atoms with van der Waals surface area (Å²) < 4.78 is 42.3. The molecule has 0 amide bonds. The number of nitriles is 1. The van der Waals surface area contributed by atoms with Crippen LogP contribution in [0.1, 0.15) is 29.4 Å². The number of rotatable bonds is 5. The zero-order valence-electron chi connectivity index (χ0n) is 15.3. The minimum atomic E-state index is -3.32. The number of fused-ring (bicyclic) bond motifs is 3. The number of sulfonamides is 1. The van der Waals surface area contributed by atoms with Gasteiger partial charge in [-0.15, -0.1) is 0 Å². The zero-order chi connectivity index (χ0) is 19.9. The summed E-state index contributed by atoms with van der Waals surface area (Å²) >= 11 is 0. The number of benzene rings is 1. The van der Waals surface area contributed by atoms with Gasteiger partial charge in [-0.05, 0) is 49.2 Å². The van der Waals surface area contributed by atoms with Gasteiger partial charge in [-0.2, -0.15) is 9.65 Å². The summed E-state index contributed by atoms with van der Waals surface area (Å²) in [5, 5.41) is 10.2. The summed E-state index contributed by atoms with van der Waals surface area (Å²) in [5.74, 6) is -0.508. The van der Waals surface area contributed by atoms with E-state index in [1.807, 2.05) is 16.7 Å². The lowest BCUT2D eigenvalue weighted by Gasteiger charge is -2.14. The summed E-state index contributed by atoms with van der Waals surface area (Å²) in [7, 11) is -3.32. The molecule has 0 saturated carbocycles. The van der Waals surface area contributed by atoms with Crippen LogP contribution in [0.4, 0.5) is 4.39 Å². The lowest BCUT2D eigenvalue weighted by atomic mass is 10.1. The van der Waals surface area contributed by atoms with Gasteiger partial charge in [0.2, 0.25) is 16.0 Å². The second-order valence-corrected chi connectivity index (χ2v) is 8.98. The quantitative estimate of drug-likeness (QED) is 0.669. The van der Waals surface area contributed by atoms with E-state index in [1.165, 1.54) is 6.07 Å². The van der Waals surface area contributed by atoms with Gasteiger partial charge in [0.05, 0.1) is 29.6 Å². The molecule has 2 heterocycles. The third-order valence-electron chi connectivity index (χ3n) is 5.13. The highest BCUT2D eigenvalue weighted by molar-refractivity contribution is 7.89. The van der Waals surface area contributed by atoms with Crippen LogP contribution in [-0.2, 0) is 29.4 Å². The molecule has 1 atom stereocenters. The van der Waals surface area contributed by atoms with Gasteiger partial charge in [-0.25, -0.2) is 18.1 Å². The number of halogens is 1. The van der Waals surface area contributed by atoms with E-state index < -0.39 is 16.0 Å². The van der Waals surface area contributed by atoms with E-state index in [2.05, 4.69) is 15.8 Å².